The lowest BCUT2D eigenvalue weighted by Crippen LogP contribution is -2.36. The van der Waals surface area contributed by atoms with Crippen LogP contribution in [-0.4, -0.2) is 18.2 Å². The van der Waals surface area contributed by atoms with Crippen molar-refractivity contribution < 1.29 is 4.79 Å². The van der Waals surface area contributed by atoms with Gasteiger partial charge in [0.2, 0.25) is 5.91 Å². The summed E-state index contributed by atoms with van der Waals surface area (Å²) in [5.74, 6) is 0.310. The molecule has 1 rings (SSSR count). The van der Waals surface area contributed by atoms with Gasteiger partial charge in [0, 0.05) is 10.6 Å². The van der Waals surface area contributed by atoms with E-state index >= 15 is 0 Å². The smallest absolute Gasteiger partial charge is 0.241 e. The third-order valence-electron chi connectivity index (χ3n) is 2.42. The van der Waals surface area contributed by atoms with Gasteiger partial charge >= 0.3 is 0 Å². The molecule has 3 N–H and O–H groups in total. The summed E-state index contributed by atoms with van der Waals surface area (Å²) in [5.41, 5.74) is 6.60. The summed E-state index contributed by atoms with van der Waals surface area (Å²) in [5, 5.41) is 2.83. The van der Waals surface area contributed by atoms with Crippen molar-refractivity contribution in [2.24, 2.45) is 11.7 Å². The maximum atomic E-state index is 11.8. The minimum absolute atomic E-state index is 0.115. The van der Waals surface area contributed by atoms with E-state index in [4.69, 9.17) is 5.73 Å². The molecule has 0 spiro atoms. The van der Waals surface area contributed by atoms with E-state index in [2.05, 4.69) is 19.2 Å². The topological polar surface area (TPSA) is 55.1 Å². The fourth-order valence-corrected chi connectivity index (χ4v) is 1.93. The minimum atomic E-state index is -0.435. The number of hydrogen-bond donors (Lipinski definition) is 2. The Hall–Kier alpha value is -1.00. The summed E-state index contributed by atoms with van der Waals surface area (Å²) in [6, 6.07) is 7.32. The third-order valence-corrected chi connectivity index (χ3v) is 3.16. The zero-order valence-corrected chi connectivity index (χ0v) is 11.4. The van der Waals surface area contributed by atoms with Gasteiger partial charge in [-0.05, 0) is 42.9 Å². The van der Waals surface area contributed by atoms with E-state index in [-0.39, 0.29) is 5.91 Å². The van der Waals surface area contributed by atoms with Gasteiger partial charge in [-0.3, -0.25) is 4.79 Å². The number of thioether (sulfide) groups is 1. The number of rotatable bonds is 5. The van der Waals surface area contributed by atoms with Gasteiger partial charge in [0.25, 0.3) is 0 Å². The Kier molecular flexibility index (Phi) is 5.51. The van der Waals surface area contributed by atoms with Gasteiger partial charge in [-0.1, -0.05) is 13.8 Å². The third kappa shape index (κ3) is 4.79. The first-order chi connectivity index (χ1) is 8.02. The molecule has 0 bridgehead atoms. The molecule has 94 valence electrons. The first-order valence-electron chi connectivity index (χ1n) is 5.73. The molecule has 4 heteroatoms. The molecule has 0 heterocycles. The lowest BCUT2D eigenvalue weighted by molar-refractivity contribution is -0.117. The molecule has 0 saturated heterocycles. The van der Waals surface area contributed by atoms with Crippen LogP contribution in [0, 0.1) is 5.92 Å². The number of benzene rings is 1. The van der Waals surface area contributed by atoms with Crippen molar-refractivity contribution in [1.29, 1.82) is 0 Å². The molecule has 1 aromatic carbocycles. The average Bonchev–Trinajstić information content (AvgIpc) is 2.29. The molecule has 1 amide bonds. The van der Waals surface area contributed by atoms with Gasteiger partial charge in [-0.25, -0.2) is 0 Å². The van der Waals surface area contributed by atoms with Crippen LogP contribution in [0.4, 0.5) is 5.69 Å². The Labute approximate surface area is 107 Å². The van der Waals surface area contributed by atoms with E-state index in [1.165, 1.54) is 4.90 Å². The van der Waals surface area contributed by atoms with Crippen LogP contribution >= 0.6 is 11.8 Å². The molecule has 0 aliphatic rings. The number of carbonyl (C=O) groups is 1. The van der Waals surface area contributed by atoms with Gasteiger partial charge in [-0.2, -0.15) is 0 Å². The van der Waals surface area contributed by atoms with Crippen LogP contribution in [0.2, 0.25) is 0 Å². The van der Waals surface area contributed by atoms with Gasteiger partial charge in [0.1, 0.15) is 0 Å². The van der Waals surface area contributed by atoms with Crippen LogP contribution < -0.4 is 11.1 Å². The van der Waals surface area contributed by atoms with Crippen molar-refractivity contribution in [2.45, 2.75) is 31.2 Å². The first kappa shape index (κ1) is 14.1. The van der Waals surface area contributed by atoms with E-state index in [0.717, 1.165) is 5.69 Å². The molecule has 3 nitrogen and oxygen atoms in total. The molecular formula is C13H20N2OS. The molecule has 1 atom stereocenters. The van der Waals surface area contributed by atoms with Gasteiger partial charge in [-0.15, -0.1) is 11.8 Å². The highest BCUT2D eigenvalue weighted by Gasteiger charge is 2.14. The summed E-state index contributed by atoms with van der Waals surface area (Å²) in [7, 11) is 0. The zero-order valence-electron chi connectivity index (χ0n) is 10.6. The molecule has 17 heavy (non-hydrogen) atoms. The van der Waals surface area contributed by atoms with Crippen LogP contribution in [0.15, 0.2) is 29.2 Å². The Morgan fingerprint density at radius 1 is 1.35 bits per heavy atom. The average molecular weight is 252 g/mol. The maximum Gasteiger partial charge on any atom is 0.241 e. The largest absolute Gasteiger partial charge is 0.325 e. The van der Waals surface area contributed by atoms with Crippen LogP contribution in [0.25, 0.3) is 0 Å². The molecular weight excluding hydrogens is 232 g/mol. The van der Waals surface area contributed by atoms with E-state index in [1.54, 1.807) is 11.8 Å². The van der Waals surface area contributed by atoms with Crippen LogP contribution in [0.3, 0.4) is 0 Å². The molecule has 0 aliphatic carbocycles. The molecule has 0 aromatic heterocycles. The quantitative estimate of drug-likeness (QED) is 0.792. The van der Waals surface area contributed by atoms with Crippen molar-refractivity contribution in [3.8, 4) is 0 Å². The van der Waals surface area contributed by atoms with Crippen LogP contribution in [0.5, 0.6) is 0 Å². The maximum absolute atomic E-state index is 11.8. The normalized spacial score (nSPS) is 12.5. The highest BCUT2D eigenvalue weighted by molar-refractivity contribution is 7.98. The second kappa shape index (κ2) is 6.67. The highest BCUT2D eigenvalue weighted by Crippen LogP contribution is 2.17. The summed E-state index contributed by atoms with van der Waals surface area (Å²) in [6.45, 7) is 4.11. The van der Waals surface area contributed by atoms with Gasteiger partial charge in [0.15, 0.2) is 0 Å². The van der Waals surface area contributed by atoms with Crippen molar-refractivity contribution in [1.82, 2.24) is 0 Å². The SMILES string of the molecule is CSc1ccc(NC(=O)C(N)CC(C)C)cc1. The Balaban J connectivity index is 2.55. The standard InChI is InChI=1S/C13H20N2OS/c1-9(2)8-12(14)13(16)15-10-4-6-11(17-3)7-5-10/h4-7,9,12H,8,14H2,1-3H3,(H,15,16). The monoisotopic (exact) mass is 252 g/mol. The summed E-state index contributed by atoms with van der Waals surface area (Å²) >= 11 is 1.67. The number of anilines is 1. The Morgan fingerprint density at radius 3 is 2.41 bits per heavy atom. The summed E-state index contributed by atoms with van der Waals surface area (Å²) in [6.07, 6.45) is 2.72. The van der Waals surface area contributed by atoms with E-state index < -0.39 is 6.04 Å². The number of nitrogens with one attached hydrogen (secondary N) is 1. The molecule has 1 unspecified atom stereocenters. The van der Waals surface area contributed by atoms with Crippen molar-refractivity contribution in [2.75, 3.05) is 11.6 Å². The molecule has 0 fully saturated rings. The minimum Gasteiger partial charge on any atom is -0.325 e. The Morgan fingerprint density at radius 2 is 1.94 bits per heavy atom. The first-order valence-corrected chi connectivity index (χ1v) is 6.96. The second-order valence-electron chi connectivity index (χ2n) is 4.45. The van der Waals surface area contributed by atoms with Gasteiger partial charge in [0.05, 0.1) is 6.04 Å². The number of carbonyl (C=O) groups excluding carboxylic acids is 1. The lowest BCUT2D eigenvalue weighted by atomic mass is 10.0. The fraction of sp³-hybridized carbons (Fsp3) is 0.462. The predicted octanol–water partition coefficient (Wildman–Crippen LogP) is 2.72. The van der Waals surface area contributed by atoms with Crippen molar-refractivity contribution >= 4 is 23.4 Å². The van der Waals surface area contributed by atoms with E-state index in [1.807, 2.05) is 30.5 Å². The summed E-state index contributed by atoms with van der Waals surface area (Å²) < 4.78 is 0. The Bertz CT molecular complexity index is 362. The number of nitrogens with two attached hydrogens (primary N) is 1. The number of amides is 1. The lowest BCUT2D eigenvalue weighted by Gasteiger charge is -2.14. The molecule has 1 aromatic rings. The van der Waals surface area contributed by atoms with E-state index in [0.29, 0.717) is 12.3 Å². The predicted molar refractivity (Wildman–Crippen MR) is 74.3 cm³/mol. The molecule has 0 radical (unpaired) electrons. The highest BCUT2D eigenvalue weighted by atomic mass is 32.2. The van der Waals surface area contributed by atoms with Crippen LogP contribution in [-0.2, 0) is 4.79 Å². The number of hydrogen-bond acceptors (Lipinski definition) is 3. The molecule has 0 aliphatic heterocycles. The van der Waals surface area contributed by atoms with Crippen molar-refractivity contribution in [3.63, 3.8) is 0 Å². The molecule has 0 saturated carbocycles. The fourth-order valence-electron chi connectivity index (χ4n) is 1.52. The van der Waals surface area contributed by atoms with Crippen LogP contribution in [0.1, 0.15) is 20.3 Å². The van der Waals surface area contributed by atoms with Crippen molar-refractivity contribution in [3.05, 3.63) is 24.3 Å². The zero-order chi connectivity index (χ0) is 12.8. The van der Waals surface area contributed by atoms with Gasteiger partial charge < -0.3 is 11.1 Å². The van der Waals surface area contributed by atoms with E-state index in [9.17, 15) is 4.79 Å². The summed E-state index contributed by atoms with van der Waals surface area (Å²) in [4.78, 5) is 12.9. The second-order valence-corrected chi connectivity index (χ2v) is 5.33.